The van der Waals surface area contributed by atoms with Crippen LogP contribution in [0.5, 0.6) is 0 Å². The summed E-state index contributed by atoms with van der Waals surface area (Å²) in [5.74, 6) is -0.194. The van der Waals surface area contributed by atoms with Crippen LogP contribution in [0.4, 0.5) is 8.78 Å². The Labute approximate surface area is 85.5 Å². The summed E-state index contributed by atoms with van der Waals surface area (Å²) < 4.78 is 24.0. The maximum absolute atomic E-state index is 12.0. The molecule has 1 aromatic rings. The van der Waals surface area contributed by atoms with E-state index >= 15 is 0 Å². The van der Waals surface area contributed by atoms with Gasteiger partial charge in [0.15, 0.2) is 0 Å². The van der Waals surface area contributed by atoms with E-state index in [0.717, 1.165) is 10.6 Å². The fraction of sp³-hybridized carbons (Fsp3) is 0.300. The van der Waals surface area contributed by atoms with Gasteiger partial charge in [0.2, 0.25) is 5.78 Å². The van der Waals surface area contributed by atoms with Crippen LogP contribution in [0.1, 0.15) is 17.3 Å². The number of ketones is 1. The standard InChI is InChI=1S/C10H10F2OS/c1-2-14-8-5-3-7(4-6-8)9(13)10(11)12/h3-6,10H,2H2,1H3. The molecule has 0 amide bonds. The van der Waals surface area contributed by atoms with Gasteiger partial charge in [-0.05, 0) is 17.9 Å². The maximum atomic E-state index is 12.0. The third-order valence-corrected chi connectivity index (χ3v) is 2.54. The first-order chi connectivity index (χ1) is 6.65. The fourth-order valence-corrected chi connectivity index (χ4v) is 1.67. The molecule has 0 N–H and O–H groups in total. The number of alkyl halides is 2. The summed E-state index contributed by atoms with van der Waals surface area (Å²) >= 11 is 1.61. The van der Waals surface area contributed by atoms with E-state index in [1.165, 1.54) is 12.1 Å². The Hall–Kier alpha value is -0.900. The minimum atomic E-state index is -2.92. The molecule has 14 heavy (non-hydrogen) atoms. The lowest BCUT2D eigenvalue weighted by molar-refractivity contribution is 0.0678. The summed E-state index contributed by atoms with van der Waals surface area (Å²) in [6, 6.07) is 6.24. The van der Waals surface area contributed by atoms with Crippen LogP contribution < -0.4 is 0 Å². The second-order valence-electron chi connectivity index (χ2n) is 2.62. The van der Waals surface area contributed by atoms with Gasteiger partial charge in [0, 0.05) is 10.5 Å². The summed E-state index contributed by atoms with van der Waals surface area (Å²) in [7, 11) is 0. The van der Waals surface area contributed by atoms with Crippen molar-refractivity contribution < 1.29 is 13.6 Å². The van der Waals surface area contributed by atoms with Gasteiger partial charge in [0.1, 0.15) is 0 Å². The fourth-order valence-electron chi connectivity index (χ4n) is 1.01. The first-order valence-electron chi connectivity index (χ1n) is 4.20. The van der Waals surface area contributed by atoms with Crippen molar-refractivity contribution >= 4 is 17.5 Å². The van der Waals surface area contributed by atoms with E-state index < -0.39 is 12.2 Å². The number of halogens is 2. The van der Waals surface area contributed by atoms with E-state index in [-0.39, 0.29) is 5.56 Å². The van der Waals surface area contributed by atoms with Crippen LogP contribution in [-0.2, 0) is 0 Å². The number of rotatable bonds is 4. The van der Waals surface area contributed by atoms with Crippen molar-refractivity contribution in [2.24, 2.45) is 0 Å². The molecule has 0 spiro atoms. The van der Waals surface area contributed by atoms with Gasteiger partial charge in [-0.15, -0.1) is 11.8 Å². The highest BCUT2D eigenvalue weighted by atomic mass is 32.2. The molecule has 0 bridgehead atoms. The Balaban J connectivity index is 2.78. The van der Waals surface area contributed by atoms with E-state index in [4.69, 9.17) is 0 Å². The monoisotopic (exact) mass is 216 g/mol. The van der Waals surface area contributed by atoms with Crippen molar-refractivity contribution in [1.82, 2.24) is 0 Å². The number of Topliss-reactive ketones (excluding diaryl/α,β-unsaturated/α-hetero) is 1. The molecule has 0 aliphatic heterocycles. The highest BCUT2D eigenvalue weighted by Crippen LogP contribution is 2.18. The van der Waals surface area contributed by atoms with Crippen molar-refractivity contribution in [2.45, 2.75) is 18.2 Å². The number of hydrogen-bond acceptors (Lipinski definition) is 2. The van der Waals surface area contributed by atoms with Crippen LogP contribution in [0.15, 0.2) is 29.2 Å². The van der Waals surface area contributed by atoms with E-state index in [2.05, 4.69) is 0 Å². The predicted octanol–water partition coefficient (Wildman–Crippen LogP) is 3.25. The lowest BCUT2D eigenvalue weighted by Crippen LogP contribution is -2.09. The highest BCUT2D eigenvalue weighted by Gasteiger charge is 2.16. The van der Waals surface area contributed by atoms with Crippen LogP contribution in [0, 0.1) is 0 Å². The number of carbonyl (C=O) groups excluding carboxylic acids is 1. The summed E-state index contributed by atoms with van der Waals surface area (Å²) in [6.45, 7) is 2.00. The first kappa shape index (κ1) is 11.2. The second kappa shape index (κ2) is 5.10. The molecule has 0 heterocycles. The molecular weight excluding hydrogens is 206 g/mol. The molecule has 0 radical (unpaired) electrons. The molecular formula is C10H10F2OS. The lowest BCUT2D eigenvalue weighted by Gasteiger charge is -2.01. The van der Waals surface area contributed by atoms with Crippen LogP contribution in [0.25, 0.3) is 0 Å². The molecule has 76 valence electrons. The highest BCUT2D eigenvalue weighted by molar-refractivity contribution is 7.99. The van der Waals surface area contributed by atoms with E-state index in [9.17, 15) is 13.6 Å². The minimum Gasteiger partial charge on any atom is -0.288 e. The molecule has 0 unspecified atom stereocenters. The SMILES string of the molecule is CCSc1ccc(C(=O)C(F)F)cc1. The van der Waals surface area contributed by atoms with E-state index in [1.54, 1.807) is 23.9 Å². The predicted molar refractivity (Wildman–Crippen MR) is 53.2 cm³/mol. The van der Waals surface area contributed by atoms with E-state index in [1.807, 2.05) is 6.92 Å². The molecule has 0 atom stereocenters. The molecule has 1 nitrogen and oxygen atoms in total. The summed E-state index contributed by atoms with van der Waals surface area (Å²) in [5.41, 5.74) is 0.0699. The van der Waals surface area contributed by atoms with E-state index in [0.29, 0.717) is 0 Å². The zero-order chi connectivity index (χ0) is 10.6. The summed E-state index contributed by atoms with van der Waals surface area (Å²) in [4.78, 5) is 11.8. The van der Waals surface area contributed by atoms with Crippen molar-refractivity contribution in [3.63, 3.8) is 0 Å². The molecule has 0 saturated heterocycles. The zero-order valence-corrected chi connectivity index (χ0v) is 8.48. The first-order valence-corrected chi connectivity index (χ1v) is 5.19. The second-order valence-corrected chi connectivity index (χ2v) is 3.96. The Morgan fingerprint density at radius 3 is 2.36 bits per heavy atom. The Morgan fingerprint density at radius 1 is 1.36 bits per heavy atom. The van der Waals surface area contributed by atoms with Gasteiger partial charge in [-0.2, -0.15) is 0 Å². The van der Waals surface area contributed by atoms with Gasteiger partial charge in [0.05, 0.1) is 0 Å². The van der Waals surface area contributed by atoms with Crippen molar-refractivity contribution in [2.75, 3.05) is 5.75 Å². The van der Waals surface area contributed by atoms with Gasteiger partial charge < -0.3 is 0 Å². The molecule has 0 aliphatic carbocycles. The van der Waals surface area contributed by atoms with Crippen LogP contribution in [0.2, 0.25) is 0 Å². The van der Waals surface area contributed by atoms with Crippen LogP contribution in [-0.4, -0.2) is 18.0 Å². The quantitative estimate of drug-likeness (QED) is 0.567. The average Bonchev–Trinajstić information content (AvgIpc) is 2.18. The maximum Gasteiger partial charge on any atom is 0.300 e. The Bertz CT molecular complexity index is 308. The third-order valence-electron chi connectivity index (χ3n) is 1.65. The normalized spacial score (nSPS) is 10.6. The van der Waals surface area contributed by atoms with Crippen molar-refractivity contribution in [1.29, 1.82) is 0 Å². The Morgan fingerprint density at radius 2 is 1.93 bits per heavy atom. The summed E-state index contributed by atoms with van der Waals surface area (Å²) in [5, 5.41) is 0. The van der Waals surface area contributed by atoms with Gasteiger partial charge in [-0.25, -0.2) is 8.78 Å². The molecule has 0 aromatic heterocycles. The summed E-state index contributed by atoms with van der Waals surface area (Å²) in [6.07, 6.45) is -2.92. The molecule has 0 saturated carbocycles. The molecule has 4 heteroatoms. The third kappa shape index (κ3) is 2.80. The topological polar surface area (TPSA) is 17.1 Å². The number of carbonyl (C=O) groups is 1. The number of thioether (sulfide) groups is 1. The zero-order valence-electron chi connectivity index (χ0n) is 7.67. The molecule has 0 fully saturated rings. The number of hydrogen-bond donors (Lipinski definition) is 0. The molecule has 0 aliphatic rings. The molecule has 1 aromatic carbocycles. The lowest BCUT2D eigenvalue weighted by atomic mass is 10.1. The number of benzene rings is 1. The Kier molecular flexibility index (Phi) is 4.07. The van der Waals surface area contributed by atoms with Gasteiger partial charge >= 0.3 is 6.43 Å². The van der Waals surface area contributed by atoms with Gasteiger partial charge in [-0.1, -0.05) is 19.1 Å². The average molecular weight is 216 g/mol. The van der Waals surface area contributed by atoms with Gasteiger partial charge in [0.25, 0.3) is 0 Å². The largest absolute Gasteiger partial charge is 0.300 e. The molecule has 1 rings (SSSR count). The van der Waals surface area contributed by atoms with Crippen molar-refractivity contribution in [3.05, 3.63) is 29.8 Å². The smallest absolute Gasteiger partial charge is 0.288 e. The van der Waals surface area contributed by atoms with Crippen LogP contribution >= 0.6 is 11.8 Å². The van der Waals surface area contributed by atoms with Gasteiger partial charge in [-0.3, -0.25) is 4.79 Å². The van der Waals surface area contributed by atoms with Crippen LogP contribution in [0.3, 0.4) is 0 Å². The minimum absolute atomic E-state index is 0.0699. The van der Waals surface area contributed by atoms with Crippen molar-refractivity contribution in [3.8, 4) is 0 Å².